The van der Waals surface area contributed by atoms with Gasteiger partial charge in [-0.05, 0) is 43.7 Å². The second kappa shape index (κ2) is 8.84. The molecule has 2 heterocycles. The maximum Gasteiger partial charge on any atom is 0.321 e. The van der Waals surface area contributed by atoms with Gasteiger partial charge in [-0.2, -0.15) is 0 Å². The fourth-order valence-corrected chi connectivity index (χ4v) is 4.36. The second-order valence-electron chi connectivity index (χ2n) is 8.46. The highest BCUT2D eigenvalue weighted by molar-refractivity contribution is 6.00. The van der Waals surface area contributed by atoms with Gasteiger partial charge < -0.3 is 20.4 Å². The maximum atomic E-state index is 13.1. The van der Waals surface area contributed by atoms with E-state index >= 15 is 0 Å². The molecule has 0 aromatic heterocycles. The van der Waals surface area contributed by atoms with Gasteiger partial charge in [-0.1, -0.05) is 39.0 Å². The number of hydrogen-bond donors (Lipinski definition) is 2. The number of likely N-dealkylation sites (tertiary alicyclic amines) is 1. The molecule has 4 amide bonds. The summed E-state index contributed by atoms with van der Waals surface area (Å²) in [6, 6.07) is 8.70. The highest BCUT2D eigenvalue weighted by atomic mass is 16.2. The monoisotopic (exact) mass is 400 g/mol. The van der Waals surface area contributed by atoms with Gasteiger partial charge in [0.15, 0.2) is 0 Å². The zero-order valence-electron chi connectivity index (χ0n) is 17.6. The number of benzene rings is 1. The van der Waals surface area contributed by atoms with E-state index in [1.807, 2.05) is 37.3 Å². The van der Waals surface area contributed by atoms with Crippen molar-refractivity contribution in [2.24, 2.45) is 5.92 Å². The quantitative estimate of drug-likeness (QED) is 0.797. The number of piperazine rings is 1. The molecule has 0 aliphatic carbocycles. The molecule has 1 spiro atoms. The van der Waals surface area contributed by atoms with Gasteiger partial charge in [-0.25, -0.2) is 4.79 Å². The van der Waals surface area contributed by atoms with Gasteiger partial charge in [0.2, 0.25) is 11.8 Å². The zero-order chi connectivity index (χ0) is 21.0. The van der Waals surface area contributed by atoms with Crippen LogP contribution in [0.15, 0.2) is 30.3 Å². The van der Waals surface area contributed by atoms with E-state index in [9.17, 15) is 14.4 Å². The summed E-state index contributed by atoms with van der Waals surface area (Å²) < 4.78 is 0. The third kappa shape index (κ3) is 4.38. The van der Waals surface area contributed by atoms with Crippen molar-refractivity contribution in [2.75, 3.05) is 25.0 Å². The van der Waals surface area contributed by atoms with Crippen LogP contribution in [0.1, 0.15) is 46.5 Å². The smallest absolute Gasteiger partial charge is 0.321 e. The molecule has 1 unspecified atom stereocenters. The lowest BCUT2D eigenvalue weighted by Crippen LogP contribution is -2.73. The Kier molecular flexibility index (Phi) is 6.45. The minimum atomic E-state index is -0.843. The van der Waals surface area contributed by atoms with Crippen molar-refractivity contribution in [3.05, 3.63) is 30.3 Å². The van der Waals surface area contributed by atoms with Crippen LogP contribution in [-0.4, -0.2) is 58.9 Å². The number of para-hydroxylation sites is 1. The summed E-state index contributed by atoms with van der Waals surface area (Å²) in [5, 5.41) is 5.87. The number of carbonyl (C=O) groups excluding carboxylic acids is 3. The number of anilines is 1. The molecule has 0 saturated carbocycles. The third-order valence-corrected chi connectivity index (χ3v) is 5.87. The van der Waals surface area contributed by atoms with Crippen LogP contribution in [-0.2, 0) is 9.59 Å². The van der Waals surface area contributed by atoms with Gasteiger partial charge in [0.05, 0.1) is 0 Å². The highest BCUT2D eigenvalue weighted by Crippen LogP contribution is 2.34. The number of nitrogens with zero attached hydrogens (tertiary/aromatic N) is 2. The number of rotatable bonds is 5. The number of hydrogen-bond acceptors (Lipinski definition) is 3. The van der Waals surface area contributed by atoms with Crippen LogP contribution in [0.5, 0.6) is 0 Å². The maximum absolute atomic E-state index is 13.1. The van der Waals surface area contributed by atoms with Crippen LogP contribution < -0.4 is 10.6 Å². The Labute approximate surface area is 172 Å². The van der Waals surface area contributed by atoms with Crippen LogP contribution in [0, 0.1) is 5.92 Å². The van der Waals surface area contributed by atoms with E-state index in [1.165, 1.54) is 0 Å². The Morgan fingerprint density at radius 2 is 1.86 bits per heavy atom. The molecule has 29 heavy (non-hydrogen) atoms. The van der Waals surface area contributed by atoms with Crippen molar-refractivity contribution in [3.63, 3.8) is 0 Å². The number of carbonyl (C=O) groups is 3. The van der Waals surface area contributed by atoms with E-state index in [-0.39, 0.29) is 17.8 Å². The first kappa shape index (κ1) is 21.1. The molecule has 0 bridgehead atoms. The van der Waals surface area contributed by atoms with E-state index in [1.54, 1.807) is 9.80 Å². The van der Waals surface area contributed by atoms with Crippen molar-refractivity contribution in [1.82, 2.24) is 15.1 Å². The average Bonchev–Trinajstić information content (AvgIpc) is 2.70. The summed E-state index contributed by atoms with van der Waals surface area (Å²) in [6.07, 6.45) is 2.36. The molecule has 158 valence electrons. The van der Waals surface area contributed by atoms with Gasteiger partial charge >= 0.3 is 6.03 Å². The Morgan fingerprint density at radius 3 is 2.45 bits per heavy atom. The van der Waals surface area contributed by atoms with Crippen LogP contribution in [0.2, 0.25) is 0 Å². The molecular formula is C22H32N4O3. The normalized spacial score (nSPS) is 21.4. The van der Waals surface area contributed by atoms with Crippen LogP contribution in [0.4, 0.5) is 10.5 Å². The molecule has 1 aromatic carbocycles. The van der Waals surface area contributed by atoms with Crippen molar-refractivity contribution in [1.29, 1.82) is 0 Å². The van der Waals surface area contributed by atoms with Gasteiger partial charge in [-0.15, -0.1) is 0 Å². The first-order valence-corrected chi connectivity index (χ1v) is 10.6. The molecule has 2 aliphatic rings. The molecular weight excluding hydrogens is 368 g/mol. The number of urea groups is 1. The topological polar surface area (TPSA) is 81.8 Å². The standard InChI is InChI=1S/C22H32N4O3/c1-4-12-26-19(27)18(15-16(2)3)24-20(28)22(26)10-13-25(14-11-22)21(29)23-17-8-6-5-7-9-17/h5-9,16,18H,4,10-15H2,1-3H3,(H,23,29)(H,24,28). The lowest BCUT2D eigenvalue weighted by Gasteiger charge is -2.51. The van der Waals surface area contributed by atoms with Crippen molar-refractivity contribution >= 4 is 23.5 Å². The van der Waals surface area contributed by atoms with Crippen LogP contribution >= 0.6 is 0 Å². The van der Waals surface area contributed by atoms with E-state index < -0.39 is 11.6 Å². The predicted molar refractivity (Wildman–Crippen MR) is 112 cm³/mol. The summed E-state index contributed by atoms with van der Waals surface area (Å²) >= 11 is 0. The van der Waals surface area contributed by atoms with Crippen LogP contribution in [0.3, 0.4) is 0 Å². The SMILES string of the molecule is CCCN1C(=O)C(CC(C)C)NC(=O)C12CCN(C(=O)Nc1ccccc1)CC2. The Bertz CT molecular complexity index is 742. The average molecular weight is 401 g/mol. The van der Waals surface area contributed by atoms with E-state index in [0.717, 1.165) is 12.1 Å². The van der Waals surface area contributed by atoms with Gasteiger partial charge in [0, 0.05) is 25.3 Å². The summed E-state index contributed by atoms with van der Waals surface area (Å²) in [6.45, 7) is 7.57. The van der Waals surface area contributed by atoms with Crippen molar-refractivity contribution in [3.8, 4) is 0 Å². The third-order valence-electron chi connectivity index (χ3n) is 5.87. The van der Waals surface area contributed by atoms with E-state index in [0.29, 0.717) is 44.8 Å². The van der Waals surface area contributed by atoms with Gasteiger partial charge in [0.25, 0.3) is 0 Å². The highest BCUT2D eigenvalue weighted by Gasteiger charge is 2.53. The fraction of sp³-hybridized carbons (Fsp3) is 0.591. The first-order chi connectivity index (χ1) is 13.9. The minimum absolute atomic E-state index is 0.0161. The molecule has 1 aromatic rings. The molecule has 7 heteroatoms. The molecule has 2 N–H and O–H groups in total. The summed E-state index contributed by atoms with van der Waals surface area (Å²) in [7, 11) is 0. The molecule has 2 fully saturated rings. The fourth-order valence-electron chi connectivity index (χ4n) is 4.36. The number of nitrogens with one attached hydrogen (secondary N) is 2. The van der Waals surface area contributed by atoms with E-state index in [4.69, 9.17) is 0 Å². The minimum Gasteiger partial charge on any atom is -0.342 e. The van der Waals surface area contributed by atoms with Crippen LogP contribution in [0.25, 0.3) is 0 Å². The molecule has 3 rings (SSSR count). The van der Waals surface area contributed by atoms with E-state index in [2.05, 4.69) is 24.5 Å². The zero-order valence-corrected chi connectivity index (χ0v) is 17.6. The predicted octanol–water partition coefficient (Wildman–Crippen LogP) is 2.84. The summed E-state index contributed by atoms with van der Waals surface area (Å²) in [4.78, 5) is 42.4. The summed E-state index contributed by atoms with van der Waals surface area (Å²) in [5.41, 5.74) is -0.100. The molecule has 0 radical (unpaired) electrons. The Hall–Kier alpha value is -2.57. The van der Waals surface area contributed by atoms with Gasteiger partial charge in [-0.3, -0.25) is 9.59 Å². The lowest BCUT2D eigenvalue weighted by atomic mass is 9.81. The largest absolute Gasteiger partial charge is 0.342 e. The Morgan fingerprint density at radius 1 is 1.21 bits per heavy atom. The van der Waals surface area contributed by atoms with Crippen molar-refractivity contribution < 1.29 is 14.4 Å². The molecule has 7 nitrogen and oxygen atoms in total. The van der Waals surface area contributed by atoms with Gasteiger partial charge in [0.1, 0.15) is 11.6 Å². The molecule has 2 saturated heterocycles. The van der Waals surface area contributed by atoms with Crippen molar-refractivity contribution in [2.45, 2.75) is 58.0 Å². The second-order valence-corrected chi connectivity index (χ2v) is 8.46. The Balaban J connectivity index is 1.70. The molecule has 1 atom stereocenters. The number of amides is 4. The number of piperidine rings is 1. The summed E-state index contributed by atoms with van der Waals surface area (Å²) in [5.74, 6) is 0.270. The lowest BCUT2D eigenvalue weighted by molar-refractivity contribution is -0.161. The first-order valence-electron chi connectivity index (χ1n) is 10.6. The molecule has 2 aliphatic heterocycles.